The molecular weight excluding hydrogens is 268 g/mol. The van der Waals surface area contributed by atoms with E-state index in [1.54, 1.807) is 57.1 Å². The summed E-state index contributed by atoms with van der Waals surface area (Å²) in [5.74, 6) is -0.330. The molecule has 0 saturated heterocycles. The first-order valence-corrected chi connectivity index (χ1v) is 6.99. The van der Waals surface area contributed by atoms with Crippen LogP contribution in [-0.4, -0.2) is 59.5 Å². The van der Waals surface area contributed by atoms with Crippen LogP contribution in [0.5, 0.6) is 0 Å². The third-order valence-corrected chi connectivity index (χ3v) is 3.01. The van der Waals surface area contributed by atoms with Crippen LogP contribution < -0.4 is 0 Å². The maximum Gasteiger partial charge on any atom is 0.253 e. The molecule has 0 fully saturated rings. The summed E-state index contributed by atoms with van der Waals surface area (Å²) < 4.78 is 0. The summed E-state index contributed by atoms with van der Waals surface area (Å²) in [5, 5.41) is 9.88. The number of aliphatic hydroxyl groups is 1. The van der Waals surface area contributed by atoms with Gasteiger partial charge in [-0.2, -0.15) is 0 Å². The number of benzene rings is 1. The molecule has 0 atom stereocenters. The van der Waals surface area contributed by atoms with Crippen LogP contribution in [0.15, 0.2) is 24.3 Å². The quantitative estimate of drug-likeness (QED) is 0.897. The Hall–Kier alpha value is -1.88. The van der Waals surface area contributed by atoms with Crippen molar-refractivity contribution in [3.05, 3.63) is 35.4 Å². The maximum atomic E-state index is 12.5. The number of carbonyl (C=O) groups excluding carboxylic acids is 2. The van der Waals surface area contributed by atoms with Gasteiger partial charge in [-0.15, -0.1) is 0 Å². The van der Waals surface area contributed by atoms with E-state index >= 15 is 0 Å². The molecule has 21 heavy (non-hydrogen) atoms. The van der Waals surface area contributed by atoms with Crippen molar-refractivity contribution >= 4 is 11.8 Å². The first-order chi connectivity index (χ1) is 9.65. The first kappa shape index (κ1) is 17.2. The molecule has 0 bridgehead atoms. The van der Waals surface area contributed by atoms with E-state index in [1.807, 2.05) is 6.92 Å². The van der Waals surface area contributed by atoms with E-state index in [0.29, 0.717) is 17.7 Å². The summed E-state index contributed by atoms with van der Waals surface area (Å²) in [6, 6.07) is 6.66. The van der Waals surface area contributed by atoms with Crippen LogP contribution in [0.4, 0.5) is 0 Å². The zero-order valence-corrected chi connectivity index (χ0v) is 13.4. The van der Waals surface area contributed by atoms with Gasteiger partial charge in [0.25, 0.3) is 11.8 Å². The molecule has 2 amide bonds. The molecule has 0 aliphatic rings. The van der Waals surface area contributed by atoms with Crippen molar-refractivity contribution in [1.29, 1.82) is 0 Å². The summed E-state index contributed by atoms with van der Waals surface area (Å²) >= 11 is 0. The minimum absolute atomic E-state index is 0.143. The number of amides is 2. The maximum absolute atomic E-state index is 12.5. The molecule has 116 valence electrons. The molecule has 1 aromatic carbocycles. The fourth-order valence-electron chi connectivity index (χ4n) is 2.02. The first-order valence-electron chi connectivity index (χ1n) is 6.99. The Labute approximate surface area is 126 Å². The SMILES string of the molecule is CCN(CC(C)(C)O)C(=O)c1cccc(C(=O)N(C)C)c1. The van der Waals surface area contributed by atoms with Crippen molar-refractivity contribution in [3.8, 4) is 0 Å². The van der Waals surface area contributed by atoms with E-state index in [4.69, 9.17) is 0 Å². The van der Waals surface area contributed by atoms with Crippen molar-refractivity contribution in [2.75, 3.05) is 27.2 Å². The van der Waals surface area contributed by atoms with Crippen LogP contribution in [0.25, 0.3) is 0 Å². The standard InChI is InChI=1S/C16H24N2O3/c1-6-18(11-16(2,3)21)15(20)13-9-7-8-12(10-13)14(19)17(4)5/h7-10,21H,6,11H2,1-5H3. The zero-order chi connectivity index (χ0) is 16.2. The van der Waals surface area contributed by atoms with Crippen LogP contribution in [0, 0.1) is 0 Å². The number of nitrogens with zero attached hydrogens (tertiary/aromatic N) is 2. The van der Waals surface area contributed by atoms with Crippen molar-refractivity contribution in [3.63, 3.8) is 0 Å². The lowest BCUT2D eigenvalue weighted by Crippen LogP contribution is -2.42. The Kier molecular flexibility index (Phi) is 5.49. The fraction of sp³-hybridized carbons (Fsp3) is 0.500. The number of rotatable bonds is 5. The van der Waals surface area contributed by atoms with Crippen molar-refractivity contribution < 1.29 is 14.7 Å². The molecule has 0 unspecified atom stereocenters. The summed E-state index contributed by atoms with van der Waals surface area (Å²) in [7, 11) is 3.34. The number of likely N-dealkylation sites (N-methyl/N-ethyl adjacent to an activating group) is 1. The van der Waals surface area contributed by atoms with E-state index in [1.165, 1.54) is 4.90 Å². The molecule has 0 aromatic heterocycles. The monoisotopic (exact) mass is 292 g/mol. The topological polar surface area (TPSA) is 60.9 Å². The van der Waals surface area contributed by atoms with Gasteiger partial charge in [0.2, 0.25) is 0 Å². The lowest BCUT2D eigenvalue weighted by atomic mass is 10.1. The van der Waals surface area contributed by atoms with Crippen molar-refractivity contribution in [1.82, 2.24) is 9.80 Å². The lowest BCUT2D eigenvalue weighted by molar-refractivity contribution is 0.0314. The van der Waals surface area contributed by atoms with E-state index in [2.05, 4.69) is 0 Å². The number of hydrogen-bond donors (Lipinski definition) is 1. The molecule has 0 spiro atoms. The van der Waals surface area contributed by atoms with Crippen LogP contribution in [0.3, 0.4) is 0 Å². The van der Waals surface area contributed by atoms with Crippen molar-refractivity contribution in [2.45, 2.75) is 26.4 Å². The summed E-state index contributed by atoms with van der Waals surface area (Å²) in [6.07, 6.45) is 0. The fourth-order valence-corrected chi connectivity index (χ4v) is 2.02. The van der Waals surface area contributed by atoms with Gasteiger partial charge >= 0.3 is 0 Å². The molecule has 0 saturated carbocycles. The van der Waals surface area contributed by atoms with E-state index in [0.717, 1.165) is 0 Å². The van der Waals surface area contributed by atoms with Crippen LogP contribution in [0.1, 0.15) is 41.5 Å². The van der Waals surface area contributed by atoms with Gasteiger partial charge in [-0.05, 0) is 39.0 Å². The molecule has 1 aromatic rings. The van der Waals surface area contributed by atoms with Gasteiger partial charge in [-0.3, -0.25) is 9.59 Å². The second kappa shape index (κ2) is 6.72. The second-order valence-electron chi connectivity index (χ2n) is 5.91. The Balaban J connectivity index is 3.01. The summed E-state index contributed by atoms with van der Waals surface area (Å²) in [5.41, 5.74) is -0.0260. The predicted molar refractivity (Wildman–Crippen MR) is 82.3 cm³/mol. The van der Waals surface area contributed by atoms with Crippen molar-refractivity contribution in [2.24, 2.45) is 0 Å². The van der Waals surface area contributed by atoms with Gasteiger partial charge in [0.05, 0.1) is 5.60 Å². The predicted octanol–water partition coefficient (Wildman–Crippen LogP) is 1.62. The average Bonchev–Trinajstić information content (AvgIpc) is 2.42. The van der Waals surface area contributed by atoms with E-state index < -0.39 is 5.60 Å². The summed E-state index contributed by atoms with van der Waals surface area (Å²) in [4.78, 5) is 27.5. The van der Waals surface area contributed by atoms with Crippen LogP contribution in [0.2, 0.25) is 0 Å². The minimum Gasteiger partial charge on any atom is -0.389 e. The van der Waals surface area contributed by atoms with Gasteiger partial charge in [0.1, 0.15) is 0 Å². The van der Waals surface area contributed by atoms with Gasteiger partial charge < -0.3 is 14.9 Å². The molecule has 5 nitrogen and oxygen atoms in total. The molecule has 0 aliphatic carbocycles. The average molecular weight is 292 g/mol. The Morgan fingerprint density at radius 1 is 1.14 bits per heavy atom. The largest absolute Gasteiger partial charge is 0.389 e. The van der Waals surface area contributed by atoms with Gasteiger partial charge in [0, 0.05) is 38.3 Å². The number of hydrogen-bond acceptors (Lipinski definition) is 3. The molecule has 5 heteroatoms. The molecule has 0 heterocycles. The molecule has 1 rings (SSSR count). The molecule has 0 radical (unpaired) electrons. The van der Waals surface area contributed by atoms with Crippen LogP contribution >= 0.6 is 0 Å². The van der Waals surface area contributed by atoms with Gasteiger partial charge in [-0.1, -0.05) is 6.07 Å². The smallest absolute Gasteiger partial charge is 0.253 e. The van der Waals surface area contributed by atoms with Gasteiger partial charge in [0.15, 0.2) is 0 Å². The van der Waals surface area contributed by atoms with E-state index in [-0.39, 0.29) is 18.4 Å². The normalized spacial score (nSPS) is 11.1. The number of carbonyl (C=O) groups is 2. The van der Waals surface area contributed by atoms with Gasteiger partial charge in [-0.25, -0.2) is 0 Å². The Morgan fingerprint density at radius 3 is 2.10 bits per heavy atom. The molecule has 0 aliphatic heterocycles. The third-order valence-electron chi connectivity index (χ3n) is 3.01. The lowest BCUT2D eigenvalue weighted by Gasteiger charge is -2.28. The van der Waals surface area contributed by atoms with Crippen LogP contribution in [-0.2, 0) is 0 Å². The Bertz CT molecular complexity index is 518. The summed E-state index contributed by atoms with van der Waals surface area (Å²) in [6.45, 7) is 5.92. The highest BCUT2D eigenvalue weighted by Gasteiger charge is 2.22. The zero-order valence-electron chi connectivity index (χ0n) is 13.4. The van der Waals surface area contributed by atoms with E-state index in [9.17, 15) is 14.7 Å². The highest BCUT2D eigenvalue weighted by atomic mass is 16.3. The Morgan fingerprint density at radius 2 is 1.67 bits per heavy atom. The molecular formula is C16H24N2O3. The highest BCUT2D eigenvalue weighted by molar-refractivity contribution is 5.99. The minimum atomic E-state index is -0.956. The second-order valence-corrected chi connectivity index (χ2v) is 5.91. The highest BCUT2D eigenvalue weighted by Crippen LogP contribution is 2.13. The molecule has 1 N–H and O–H groups in total. The third kappa shape index (κ3) is 4.86.